The Balaban J connectivity index is 1.82. The van der Waals surface area contributed by atoms with Gasteiger partial charge in [-0.15, -0.1) is 0 Å². The fraction of sp³-hybridized carbons (Fsp3) is 0.435. The van der Waals surface area contributed by atoms with Crippen LogP contribution in [0.3, 0.4) is 0 Å². The molecule has 4 rings (SSSR count). The molecule has 7 heteroatoms. The zero-order chi connectivity index (χ0) is 21.1. The van der Waals surface area contributed by atoms with Gasteiger partial charge < -0.3 is 20.1 Å². The van der Waals surface area contributed by atoms with Crippen LogP contribution in [0.15, 0.2) is 41.2 Å². The number of methoxy groups -OCH3 is 1. The lowest BCUT2D eigenvalue weighted by molar-refractivity contribution is -0.128. The fourth-order valence-electron chi connectivity index (χ4n) is 4.18. The molecule has 2 N–H and O–H groups in total. The first kappa shape index (κ1) is 20.3. The van der Waals surface area contributed by atoms with E-state index in [0.29, 0.717) is 25.2 Å². The maximum Gasteiger partial charge on any atom is 0.219 e. The number of ether oxygens (including phenoxy) is 2. The number of amides is 1. The third kappa shape index (κ3) is 4.03. The van der Waals surface area contributed by atoms with Gasteiger partial charge in [-0.25, -0.2) is 0 Å². The summed E-state index contributed by atoms with van der Waals surface area (Å²) in [5.74, 6) is 0.825. The van der Waals surface area contributed by atoms with Crippen LogP contribution < -0.4 is 10.5 Å². The molecule has 0 saturated carbocycles. The number of piperidine rings is 1. The molecule has 0 unspecified atom stereocenters. The van der Waals surface area contributed by atoms with Crippen molar-refractivity contribution in [1.29, 1.82) is 0 Å². The number of carbonyl (C=O) groups excluding carboxylic acids is 1. The molecule has 7 nitrogen and oxygen atoms in total. The highest BCUT2D eigenvalue weighted by molar-refractivity contribution is 6.10. The maximum atomic E-state index is 12.1. The molecular weight excluding hydrogens is 380 g/mol. The number of rotatable bonds is 3. The zero-order valence-corrected chi connectivity index (χ0v) is 17.6. The van der Waals surface area contributed by atoms with E-state index in [2.05, 4.69) is 4.98 Å². The second-order valence-electron chi connectivity index (χ2n) is 7.74. The van der Waals surface area contributed by atoms with Crippen LogP contribution in [0, 0.1) is 0 Å². The van der Waals surface area contributed by atoms with Crippen molar-refractivity contribution in [2.45, 2.75) is 32.2 Å². The molecule has 2 aromatic rings. The summed E-state index contributed by atoms with van der Waals surface area (Å²) in [5.41, 5.74) is 10.2. The van der Waals surface area contributed by atoms with Crippen LogP contribution in [0.4, 0.5) is 0 Å². The summed E-state index contributed by atoms with van der Waals surface area (Å²) in [5, 5.41) is 1.88. The lowest BCUT2D eigenvalue weighted by Gasteiger charge is -2.31. The monoisotopic (exact) mass is 408 g/mol. The van der Waals surface area contributed by atoms with Crippen molar-refractivity contribution in [3.63, 3.8) is 0 Å². The predicted octanol–water partition coefficient (Wildman–Crippen LogP) is 2.79. The summed E-state index contributed by atoms with van der Waals surface area (Å²) in [6, 6.07) is 6.06. The van der Waals surface area contributed by atoms with Gasteiger partial charge in [-0.3, -0.25) is 14.8 Å². The number of pyridine rings is 1. The summed E-state index contributed by atoms with van der Waals surface area (Å²) >= 11 is 0. The van der Waals surface area contributed by atoms with E-state index in [1.165, 1.54) is 0 Å². The quantitative estimate of drug-likeness (QED) is 0.843. The van der Waals surface area contributed by atoms with Crippen LogP contribution in [0.1, 0.15) is 31.7 Å². The fourth-order valence-corrected chi connectivity index (χ4v) is 4.18. The molecular formula is C23H28N4O3. The molecule has 2 aliphatic heterocycles. The third-order valence-corrected chi connectivity index (χ3v) is 5.90. The van der Waals surface area contributed by atoms with Crippen molar-refractivity contribution >= 4 is 28.1 Å². The van der Waals surface area contributed by atoms with E-state index >= 15 is 0 Å². The minimum absolute atomic E-state index is 0.0478. The average molecular weight is 409 g/mol. The highest BCUT2D eigenvalue weighted by Gasteiger charge is 2.26. The third-order valence-electron chi connectivity index (χ3n) is 5.90. The molecule has 1 aromatic carbocycles. The van der Waals surface area contributed by atoms with Gasteiger partial charge in [-0.1, -0.05) is 0 Å². The Kier molecular flexibility index (Phi) is 5.99. The number of likely N-dealkylation sites (tertiary alicyclic amines) is 1. The van der Waals surface area contributed by atoms with Crippen LogP contribution in [0.25, 0.3) is 16.5 Å². The van der Waals surface area contributed by atoms with Crippen molar-refractivity contribution in [2.24, 2.45) is 10.7 Å². The summed E-state index contributed by atoms with van der Waals surface area (Å²) < 4.78 is 11.0. The smallest absolute Gasteiger partial charge is 0.219 e. The molecule has 2 fully saturated rings. The zero-order valence-electron chi connectivity index (χ0n) is 17.6. The maximum absolute atomic E-state index is 12.1. The largest absolute Gasteiger partial charge is 0.496 e. The summed E-state index contributed by atoms with van der Waals surface area (Å²) in [6.07, 6.45) is 6.10. The molecule has 0 spiro atoms. The van der Waals surface area contributed by atoms with E-state index in [-0.39, 0.29) is 11.9 Å². The highest BCUT2D eigenvalue weighted by Crippen LogP contribution is 2.32. The van der Waals surface area contributed by atoms with Crippen LogP contribution >= 0.6 is 0 Å². The van der Waals surface area contributed by atoms with E-state index in [9.17, 15) is 4.79 Å². The number of nitrogens with two attached hydrogens (primary N) is 1. The lowest BCUT2D eigenvalue weighted by Crippen LogP contribution is -2.40. The average Bonchev–Trinajstić information content (AvgIpc) is 2.78. The number of carbonyl (C=O) groups is 1. The van der Waals surface area contributed by atoms with E-state index in [1.807, 2.05) is 29.3 Å². The molecule has 2 saturated heterocycles. The Morgan fingerprint density at radius 3 is 2.80 bits per heavy atom. The number of nitrogens with zero attached hydrogens (tertiary/aromatic N) is 3. The van der Waals surface area contributed by atoms with Crippen LogP contribution in [-0.2, 0) is 9.53 Å². The van der Waals surface area contributed by atoms with E-state index < -0.39 is 0 Å². The van der Waals surface area contributed by atoms with Crippen molar-refractivity contribution in [3.05, 3.63) is 41.7 Å². The van der Waals surface area contributed by atoms with Gasteiger partial charge in [0.1, 0.15) is 5.75 Å². The van der Waals surface area contributed by atoms with Gasteiger partial charge >= 0.3 is 0 Å². The van der Waals surface area contributed by atoms with Crippen molar-refractivity contribution < 1.29 is 14.3 Å². The normalized spacial score (nSPS) is 21.1. The molecule has 0 bridgehead atoms. The Morgan fingerprint density at radius 2 is 2.07 bits per heavy atom. The topological polar surface area (TPSA) is 90.0 Å². The van der Waals surface area contributed by atoms with Gasteiger partial charge in [0.15, 0.2) is 0 Å². The van der Waals surface area contributed by atoms with Gasteiger partial charge in [0.25, 0.3) is 0 Å². The molecule has 0 radical (unpaired) electrons. The van der Waals surface area contributed by atoms with Crippen molar-refractivity contribution in [1.82, 2.24) is 9.88 Å². The first-order valence-corrected chi connectivity index (χ1v) is 10.4. The predicted molar refractivity (Wildman–Crippen MR) is 118 cm³/mol. The lowest BCUT2D eigenvalue weighted by atomic mass is 9.93. The second kappa shape index (κ2) is 8.83. The second-order valence-corrected chi connectivity index (χ2v) is 7.74. The minimum atomic E-state index is 0.0478. The Labute approximate surface area is 176 Å². The number of hydrogen-bond acceptors (Lipinski definition) is 6. The van der Waals surface area contributed by atoms with E-state index in [1.54, 1.807) is 20.2 Å². The van der Waals surface area contributed by atoms with Crippen LogP contribution in [0.2, 0.25) is 0 Å². The van der Waals surface area contributed by atoms with Crippen LogP contribution in [-0.4, -0.2) is 61.0 Å². The molecule has 0 atom stereocenters. The van der Waals surface area contributed by atoms with Crippen molar-refractivity contribution in [2.75, 3.05) is 33.4 Å². The molecule has 3 heterocycles. The number of aliphatic imine (C=N–C) groups is 1. The number of hydrogen-bond donors (Lipinski definition) is 1. The highest BCUT2D eigenvalue weighted by atomic mass is 16.5. The van der Waals surface area contributed by atoms with Gasteiger partial charge in [0, 0.05) is 85.4 Å². The van der Waals surface area contributed by atoms with Gasteiger partial charge in [0.05, 0.1) is 13.2 Å². The van der Waals surface area contributed by atoms with Gasteiger partial charge in [-0.05, 0) is 31.0 Å². The molecule has 30 heavy (non-hydrogen) atoms. The first-order chi connectivity index (χ1) is 14.6. The molecule has 1 amide bonds. The SMILES string of the molecule is COc1ccc(C(N)=C2CN(C(C)=O)CCC2=NC2CCOCC2)c2cnccc12. The minimum Gasteiger partial charge on any atom is -0.496 e. The summed E-state index contributed by atoms with van der Waals surface area (Å²) in [4.78, 5) is 23.2. The van der Waals surface area contributed by atoms with E-state index in [0.717, 1.165) is 59.4 Å². The standard InChI is InChI=1S/C23H28N4O3/c1-15(28)27-10-6-21(26-16-7-11-30-12-8-16)20(14-27)23(24)18-3-4-22(29-2)17-5-9-25-13-19(17)18/h3-5,9,13,16H,6-8,10-12,14,24H2,1-2H3. The summed E-state index contributed by atoms with van der Waals surface area (Å²) in [6.45, 7) is 4.21. The van der Waals surface area contributed by atoms with E-state index in [4.69, 9.17) is 20.2 Å². The van der Waals surface area contributed by atoms with Crippen molar-refractivity contribution in [3.8, 4) is 5.75 Å². The Hall–Kier alpha value is -2.93. The van der Waals surface area contributed by atoms with Gasteiger partial charge in [0.2, 0.25) is 5.91 Å². The molecule has 1 aromatic heterocycles. The van der Waals surface area contributed by atoms with Gasteiger partial charge in [-0.2, -0.15) is 0 Å². The molecule has 2 aliphatic rings. The first-order valence-electron chi connectivity index (χ1n) is 10.4. The molecule has 158 valence electrons. The Bertz CT molecular complexity index is 1010. The Morgan fingerprint density at radius 1 is 1.27 bits per heavy atom. The molecule has 0 aliphatic carbocycles. The number of fused-ring (bicyclic) bond motifs is 1. The summed E-state index contributed by atoms with van der Waals surface area (Å²) in [7, 11) is 1.65. The number of aromatic nitrogens is 1. The van der Waals surface area contributed by atoms with Crippen LogP contribution in [0.5, 0.6) is 5.75 Å². The number of benzene rings is 1.